The number of carbonyl (C=O) groups excluding carboxylic acids is 2. The molecule has 0 unspecified atom stereocenters. The summed E-state index contributed by atoms with van der Waals surface area (Å²) in [5.41, 5.74) is 7.58. The number of halogens is 3. The predicted molar refractivity (Wildman–Crippen MR) is 114 cm³/mol. The van der Waals surface area contributed by atoms with E-state index >= 15 is 0 Å². The summed E-state index contributed by atoms with van der Waals surface area (Å²) in [6.07, 6.45) is -1.25. The van der Waals surface area contributed by atoms with Crippen molar-refractivity contribution in [3.05, 3.63) is 78.2 Å². The van der Waals surface area contributed by atoms with Crippen molar-refractivity contribution in [2.45, 2.75) is 6.18 Å². The van der Waals surface area contributed by atoms with Gasteiger partial charge in [-0.15, -0.1) is 0 Å². The Morgan fingerprint density at radius 2 is 1.50 bits per heavy atom. The predicted octanol–water partition coefficient (Wildman–Crippen LogP) is 4.99. The van der Waals surface area contributed by atoms with Gasteiger partial charge in [-0.25, -0.2) is 4.79 Å². The summed E-state index contributed by atoms with van der Waals surface area (Å²) in [5.74, 6) is -0.616. The van der Waals surface area contributed by atoms with Gasteiger partial charge in [-0.2, -0.15) is 13.2 Å². The number of urea groups is 1. The number of hydrogen-bond acceptors (Lipinski definition) is 3. The van der Waals surface area contributed by atoms with E-state index in [2.05, 4.69) is 20.6 Å². The van der Waals surface area contributed by atoms with Crippen molar-refractivity contribution < 1.29 is 22.8 Å². The van der Waals surface area contributed by atoms with Crippen molar-refractivity contribution >= 4 is 34.2 Å². The number of hydrogen-bond donors (Lipinski definition) is 4. The van der Waals surface area contributed by atoms with Gasteiger partial charge < -0.3 is 21.4 Å². The van der Waals surface area contributed by atoms with E-state index in [0.717, 1.165) is 17.5 Å². The van der Waals surface area contributed by atoms with Gasteiger partial charge >= 0.3 is 12.2 Å². The highest BCUT2D eigenvalue weighted by atomic mass is 19.4. The molecule has 5 N–H and O–H groups in total. The van der Waals surface area contributed by atoms with Crippen LogP contribution < -0.4 is 16.4 Å². The minimum absolute atomic E-state index is 0.214. The average molecular weight is 439 g/mol. The summed E-state index contributed by atoms with van der Waals surface area (Å²) >= 11 is 0. The number of primary amides is 1. The Kier molecular flexibility index (Phi) is 5.27. The lowest BCUT2D eigenvalue weighted by Crippen LogP contribution is -2.19. The fourth-order valence-electron chi connectivity index (χ4n) is 3.28. The Labute approximate surface area is 179 Å². The molecule has 2 heterocycles. The molecule has 4 rings (SSSR count). The summed E-state index contributed by atoms with van der Waals surface area (Å²) in [4.78, 5) is 31.0. The number of pyridine rings is 1. The molecule has 0 fully saturated rings. The smallest absolute Gasteiger partial charge is 0.364 e. The second-order valence-electron chi connectivity index (χ2n) is 6.89. The molecule has 0 atom stereocenters. The summed E-state index contributed by atoms with van der Waals surface area (Å²) in [6, 6.07) is 11.9. The number of alkyl halides is 3. The first kappa shape index (κ1) is 20.9. The first-order valence-electron chi connectivity index (χ1n) is 9.33. The molecule has 0 aliphatic heterocycles. The SMILES string of the molecule is NC(=O)c1[nH]c2cnccc2c1-c1ccc(NC(=O)Nc2ccc(C(F)(F)F)cc2)cc1. The Balaban J connectivity index is 1.50. The average Bonchev–Trinajstić information content (AvgIpc) is 3.14. The van der Waals surface area contributed by atoms with Crippen LogP contribution in [0, 0.1) is 0 Å². The molecule has 10 heteroatoms. The number of aromatic nitrogens is 2. The molecule has 0 radical (unpaired) electrons. The fourth-order valence-corrected chi connectivity index (χ4v) is 3.28. The van der Waals surface area contributed by atoms with Crippen LogP contribution in [0.1, 0.15) is 16.1 Å². The molecule has 0 aliphatic carbocycles. The van der Waals surface area contributed by atoms with Crippen LogP contribution in [0.3, 0.4) is 0 Å². The van der Waals surface area contributed by atoms with Crippen LogP contribution in [-0.2, 0) is 6.18 Å². The highest BCUT2D eigenvalue weighted by molar-refractivity contribution is 6.09. The lowest BCUT2D eigenvalue weighted by molar-refractivity contribution is -0.137. The number of nitrogens with zero attached hydrogens (tertiary/aromatic N) is 1. The topological polar surface area (TPSA) is 113 Å². The molecule has 0 bridgehead atoms. The molecule has 0 saturated carbocycles. The van der Waals surface area contributed by atoms with Crippen LogP contribution in [0.25, 0.3) is 22.0 Å². The molecule has 7 nitrogen and oxygen atoms in total. The minimum Gasteiger partial charge on any atom is -0.364 e. The number of fused-ring (bicyclic) bond motifs is 1. The first-order chi connectivity index (χ1) is 15.2. The number of nitrogens with one attached hydrogen (secondary N) is 3. The second-order valence-corrected chi connectivity index (χ2v) is 6.89. The second kappa shape index (κ2) is 8.06. The van der Waals surface area contributed by atoms with Crippen molar-refractivity contribution in [3.63, 3.8) is 0 Å². The Morgan fingerprint density at radius 1 is 0.906 bits per heavy atom. The Hall–Kier alpha value is -4.34. The summed E-state index contributed by atoms with van der Waals surface area (Å²) in [5, 5.41) is 5.84. The first-order valence-corrected chi connectivity index (χ1v) is 9.33. The quantitative estimate of drug-likeness (QED) is 0.359. The van der Waals surface area contributed by atoms with Crippen LogP contribution in [0.15, 0.2) is 67.0 Å². The van der Waals surface area contributed by atoms with Crippen LogP contribution in [0.2, 0.25) is 0 Å². The molecular weight excluding hydrogens is 423 g/mol. The number of anilines is 2. The van der Waals surface area contributed by atoms with Gasteiger partial charge in [0.1, 0.15) is 5.69 Å². The number of amides is 3. The van der Waals surface area contributed by atoms with Gasteiger partial charge in [-0.3, -0.25) is 9.78 Å². The molecule has 0 saturated heterocycles. The Bertz CT molecular complexity index is 1300. The number of nitrogens with two attached hydrogens (primary N) is 1. The van der Waals surface area contributed by atoms with Gasteiger partial charge in [0.2, 0.25) is 0 Å². The molecule has 3 amide bonds. The van der Waals surface area contributed by atoms with E-state index in [-0.39, 0.29) is 11.4 Å². The molecule has 2 aromatic heterocycles. The molecule has 32 heavy (non-hydrogen) atoms. The van der Waals surface area contributed by atoms with E-state index < -0.39 is 23.7 Å². The van der Waals surface area contributed by atoms with Gasteiger partial charge in [0.15, 0.2) is 0 Å². The zero-order valence-corrected chi connectivity index (χ0v) is 16.3. The van der Waals surface area contributed by atoms with Crippen molar-refractivity contribution in [3.8, 4) is 11.1 Å². The number of carbonyl (C=O) groups is 2. The third-order valence-electron chi connectivity index (χ3n) is 4.75. The maximum absolute atomic E-state index is 12.6. The maximum atomic E-state index is 12.6. The molecule has 4 aromatic rings. The van der Waals surface area contributed by atoms with Crippen LogP contribution in [0.4, 0.5) is 29.3 Å². The standard InChI is InChI=1S/C22H16F3N5O2/c23-22(24,25)13-3-7-15(8-4-13)29-21(32)28-14-5-1-12(2-6-14)18-16-9-10-27-11-17(16)30-19(18)20(26)31/h1-11,30H,(H2,26,31)(H2,28,29,32). The molecule has 0 aliphatic rings. The highest BCUT2D eigenvalue weighted by Gasteiger charge is 2.30. The number of aromatic amines is 1. The number of rotatable bonds is 4. The van der Waals surface area contributed by atoms with Gasteiger partial charge in [0.05, 0.1) is 17.3 Å². The fraction of sp³-hybridized carbons (Fsp3) is 0.0455. The third kappa shape index (κ3) is 4.24. The van der Waals surface area contributed by atoms with Crippen LogP contribution >= 0.6 is 0 Å². The van der Waals surface area contributed by atoms with E-state index in [1.165, 1.54) is 12.1 Å². The van der Waals surface area contributed by atoms with Crippen LogP contribution in [-0.4, -0.2) is 21.9 Å². The van der Waals surface area contributed by atoms with Crippen molar-refractivity contribution in [1.29, 1.82) is 0 Å². The highest BCUT2D eigenvalue weighted by Crippen LogP contribution is 2.33. The van der Waals surface area contributed by atoms with Crippen molar-refractivity contribution in [1.82, 2.24) is 9.97 Å². The number of H-pyrrole nitrogens is 1. The van der Waals surface area contributed by atoms with E-state index in [1.54, 1.807) is 42.7 Å². The maximum Gasteiger partial charge on any atom is 0.416 e. The zero-order valence-electron chi connectivity index (χ0n) is 16.3. The zero-order chi connectivity index (χ0) is 22.9. The monoisotopic (exact) mass is 439 g/mol. The number of benzene rings is 2. The lowest BCUT2D eigenvalue weighted by atomic mass is 10.0. The molecule has 0 spiro atoms. The third-order valence-corrected chi connectivity index (χ3v) is 4.75. The lowest BCUT2D eigenvalue weighted by Gasteiger charge is -2.10. The van der Waals surface area contributed by atoms with E-state index in [9.17, 15) is 22.8 Å². The molecular formula is C22H16F3N5O2. The van der Waals surface area contributed by atoms with Gasteiger partial charge in [-0.05, 0) is 48.0 Å². The summed E-state index contributed by atoms with van der Waals surface area (Å²) in [6.45, 7) is 0. The van der Waals surface area contributed by atoms with E-state index in [4.69, 9.17) is 5.73 Å². The largest absolute Gasteiger partial charge is 0.416 e. The molecule has 162 valence electrons. The van der Waals surface area contributed by atoms with Crippen molar-refractivity contribution in [2.75, 3.05) is 10.6 Å². The van der Waals surface area contributed by atoms with E-state index in [0.29, 0.717) is 22.3 Å². The van der Waals surface area contributed by atoms with Gasteiger partial charge in [0.25, 0.3) is 5.91 Å². The van der Waals surface area contributed by atoms with Gasteiger partial charge in [0, 0.05) is 28.5 Å². The van der Waals surface area contributed by atoms with E-state index in [1.807, 2.05) is 0 Å². The van der Waals surface area contributed by atoms with Gasteiger partial charge in [-0.1, -0.05) is 12.1 Å². The molecule has 2 aromatic carbocycles. The van der Waals surface area contributed by atoms with Crippen LogP contribution in [0.5, 0.6) is 0 Å². The normalized spacial score (nSPS) is 11.3. The minimum atomic E-state index is -4.45. The summed E-state index contributed by atoms with van der Waals surface area (Å²) < 4.78 is 37.9. The summed E-state index contributed by atoms with van der Waals surface area (Å²) in [7, 11) is 0. The Morgan fingerprint density at radius 3 is 2.06 bits per heavy atom. The van der Waals surface area contributed by atoms with Crippen molar-refractivity contribution in [2.24, 2.45) is 5.73 Å².